The Kier molecular flexibility index (Phi) is 7.39. The number of hydrogen-bond acceptors (Lipinski definition) is 5. The number of hydrogen-bond donors (Lipinski definition) is 2. The van der Waals surface area contributed by atoms with E-state index in [1.807, 2.05) is 54.3 Å². The van der Waals surface area contributed by atoms with Crippen LogP contribution in [0.2, 0.25) is 0 Å². The predicted molar refractivity (Wildman–Crippen MR) is 137 cm³/mol. The van der Waals surface area contributed by atoms with E-state index in [1.54, 1.807) is 13.3 Å². The SMILES string of the molecule is C=C(N=C/C=C\C)c1nc2ccc(CN3CCN(C(=O)Nc4ccc(OC)cc4)CC3)cc2[nH]1. The van der Waals surface area contributed by atoms with E-state index in [0.717, 1.165) is 42.1 Å². The molecule has 0 saturated carbocycles. The molecule has 0 bridgehead atoms. The summed E-state index contributed by atoms with van der Waals surface area (Å²) in [4.78, 5) is 29.0. The Morgan fingerprint density at radius 3 is 2.68 bits per heavy atom. The summed E-state index contributed by atoms with van der Waals surface area (Å²) < 4.78 is 5.16. The van der Waals surface area contributed by atoms with E-state index in [4.69, 9.17) is 4.74 Å². The number of nitrogens with zero attached hydrogens (tertiary/aromatic N) is 4. The van der Waals surface area contributed by atoms with E-state index in [1.165, 1.54) is 5.56 Å². The number of aromatic amines is 1. The lowest BCUT2D eigenvalue weighted by molar-refractivity contribution is 0.143. The lowest BCUT2D eigenvalue weighted by Gasteiger charge is -2.34. The smallest absolute Gasteiger partial charge is 0.321 e. The number of piperazine rings is 1. The number of nitrogens with one attached hydrogen (secondary N) is 2. The third kappa shape index (κ3) is 5.71. The minimum absolute atomic E-state index is 0.0754. The summed E-state index contributed by atoms with van der Waals surface area (Å²) in [5.41, 5.74) is 4.41. The lowest BCUT2D eigenvalue weighted by atomic mass is 10.1. The molecule has 1 aromatic heterocycles. The van der Waals surface area contributed by atoms with Crippen LogP contribution in [0.4, 0.5) is 10.5 Å². The molecule has 1 saturated heterocycles. The van der Waals surface area contributed by atoms with Gasteiger partial charge < -0.3 is 19.9 Å². The van der Waals surface area contributed by atoms with Gasteiger partial charge in [0.1, 0.15) is 5.75 Å². The Morgan fingerprint density at radius 2 is 1.97 bits per heavy atom. The van der Waals surface area contributed by atoms with Gasteiger partial charge in [0, 0.05) is 44.6 Å². The van der Waals surface area contributed by atoms with Crippen molar-refractivity contribution in [1.82, 2.24) is 19.8 Å². The zero-order valence-corrected chi connectivity index (χ0v) is 19.6. The van der Waals surface area contributed by atoms with Crippen LogP contribution in [0.15, 0.2) is 66.2 Å². The number of benzene rings is 2. The van der Waals surface area contributed by atoms with Gasteiger partial charge in [-0.25, -0.2) is 9.78 Å². The summed E-state index contributed by atoms with van der Waals surface area (Å²) in [5, 5.41) is 2.96. The van der Waals surface area contributed by atoms with Crippen molar-refractivity contribution in [3.63, 3.8) is 0 Å². The second-order valence-corrected chi connectivity index (χ2v) is 8.11. The van der Waals surface area contributed by atoms with Gasteiger partial charge in [-0.05, 0) is 55.0 Å². The number of anilines is 1. The molecule has 2 amide bonds. The number of methoxy groups -OCH3 is 1. The monoisotopic (exact) mass is 458 g/mol. The first-order chi connectivity index (χ1) is 16.6. The number of allylic oxidation sites excluding steroid dienone is 2. The van der Waals surface area contributed by atoms with Gasteiger partial charge in [0.15, 0.2) is 5.82 Å². The Balaban J connectivity index is 1.31. The fraction of sp³-hybridized carbons (Fsp3) is 0.269. The zero-order valence-electron chi connectivity index (χ0n) is 19.6. The molecule has 1 aliphatic rings. The fourth-order valence-corrected chi connectivity index (χ4v) is 3.82. The summed E-state index contributed by atoms with van der Waals surface area (Å²) in [7, 11) is 1.62. The van der Waals surface area contributed by atoms with Crippen LogP contribution in [0.25, 0.3) is 16.7 Å². The van der Waals surface area contributed by atoms with Crippen molar-refractivity contribution in [2.45, 2.75) is 13.5 Å². The topological polar surface area (TPSA) is 85.8 Å². The van der Waals surface area contributed by atoms with Crippen LogP contribution in [0.1, 0.15) is 18.3 Å². The van der Waals surface area contributed by atoms with Crippen molar-refractivity contribution >= 4 is 34.7 Å². The van der Waals surface area contributed by atoms with Gasteiger partial charge in [0.2, 0.25) is 0 Å². The molecule has 0 aliphatic carbocycles. The Morgan fingerprint density at radius 1 is 1.21 bits per heavy atom. The standard InChI is InChI=1S/C26H30N6O2/c1-4-5-12-27-19(2)25-29-23-11-6-20(17-24(23)30-25)18-31-13-15-32(16-14-31)26(33)28-21-7-9-22(34-3)10-8-21/h4-12,17H,2,13-16,18H2,1,3H3,(H,28,33)(H,29,30)/b5-4-,27-12?. The molecular weight excluding hydrogens is 428 g/mol. The fourth-order valence-electron chi connectivity index (χ4n) is 3.82. The second-order valence-electron chi connectivity index (χ2n) is 8.11. The van der Waals surface area contributed by atoms with Gasteiger partial charge in [-0.2, -0.15) is 0 Å². The average molecular weight is 459 g/mol. The first kappa shape index (κ1) is 23.3. The van der Waals surface area contributed by atoms with E-state index in [2.05, 4.69) is 43.9 Å². The van der Waals surface area contributed by atoms with Gasteiger partial charge in [0.05, 0.1) is 23.8 Å². The number of aliphatic imine (C=N–C) groups is 1. The van der Waals surface area contributed by atoms with Crippen LogP contribution >= 0.6 is 0 Å². The molecule has 1 aliphatic heterocycles. The molecule has 2 aromatic carbocycles. The normalized spacial score (nSPS) is 14.8. The number of amides is 2. The molecule has 0 spiro atoms. The molecule has 0 atom stereocenters. The number of rotatable bonds is 7. The summed E-state index contributed by atoms with van der Waals surface area (Å²) in [5.74, 6) is 1.43. The lowest BCUT2D eigenvalue weighted by Crippen LogP contribution is -2.49. The number of urea groups is 1. The van der Waals surface area contributed by atoms with Crippen LogP contribution in [0.3, 0.4) is 0 Å². The van der Waals surface area contributed by atoms with Gasteiger partial charge in [0.25, 0.3) is 0 Å². The van der Waals surface area contributed by atoms with Crippen molar-refractivity contribution in [1.29, 1.82) is 0 Å². The van der Waals surface area contributed by atoms with Gasteiger partial charge in [-0.15, -0.1) is 0 Å². The molecule has 4 rings (SSSR count). The average Bonchev–Trinajstić information content (AvgIpc) is 3.29. The summed E-state index contributed by atoms with van der Waals surface area (Å²) in [6.07, 6.45) is 5.47. The van der Waals surface area contributed by atoms with E-state index in [-0.39, 0.29) is 6.03 Å². The number of fused-ring (bicyclic) bond motifs is 1. The van der Waals surface area contributed by atoms with Crippen LogP contribution in [-0.2, 0) is 6.54 Å². The van der Waals surface area contributed by atoms with Gasteiger partial charge in [-0.1, -0.05) is 18.7 Å². The number of aromatic nitrogens is 2. The molecule has 3 aromatic rings. The van der Waals surface area contributed by atoms with Crippen LogP contribution in [-0.4, -0.2) is 65.3 Å². The molecule has 8 heteroatoms. The van der Waals surface area contributed by atoms with Crippen LogP contribution in [0.5, 0.6) is 5.75 Å². The molecule has 0 radical (unpaired) electrons. The highest BCUT2D eigenvalue weighted by molar-refractivity contribution is 5.89. The third-order valence-corrected chi connectivity index (χ3v) is 5.74. The van der Waals surface area contributed by atoms with Crippen LogP contribution < -0.4 is 10.1 Å². The molecule has 0 unspecified atom stereocenters. The number of H-pyrrole nitrogens is 1. The molecular formula is C26H30N6O2. The first-order valence-electron chi connectivity index (χ1n) is 11.3. The highest BCUT2D eigenvalue weighted by atomic mass is 16.5. The van der Waals surface area contributed by atoms with Gasteiger partial charge >= 0.3 is 6.03 Å². The summed E-state index contributed by atoms with van der Waals surface area (Å²) in [6, 6.07) is 13.5. The minimum atomic E-state index is -0.0754. The zero-order chi connectivity index (χ0) is 23.9. The first-order valence-corrected chi connectivity index (χ1v) is 11.3. The van der Waals surface area contributed by atoms with Crippen molar-refractivity contribution < 1.29 is 9.53 Å². The molecule has 176 valence electrons. The number of carbonyl (C=O) groups excluding carboxylic acids is 1. The summed E-state index contributed by atoms with van der Waals surface area (Å²) in [6.45, 7) is 9.75. The molecule has 34 heavy (non-hydrogen) atoms. The van der Waals surface area contributed by atoms with Crippen LogP contribution in [0, 0.1) is 0 Å². The van der Waals surface area contributed by atoms with E-state index < -0.39 is 0 Å². The summed E-state index contributed by atoms with van der Waals surface area (Å²) >= 11 is 0. The predicted octanol–water partition coefficient (Wildman–Crippen LogP) is 4.54. The second kappa shape index (κ2) is 10.8. The van der Waals surface area contributed by atoms with Crippen molar-refractivity contribution in [2.24, 2.45) is 4.99 Å². The highest BCUT2D eigenvalue weighted by Crippen LogP contribution is 2.20. The third-order valence-electron chi connectivity index (χ3n) is 5.74. The van der Waals surface area contributed by atoms with E-state index >= 15 is 0 Å². The Hall–Kier alpha value is -3.91. The highest BCUT2D eigenvalue weighted by Gasteiger charge is 2.21. The van der Waals surface area contributed by atoms with E-state index in [9.17, 15) is 4.79 Å². The van der Waals surface area contributed by atoms with Gasteiger partial charge in [-0.3, -0.25) is 9.89 Å². The minimum Gasteiger partial charge on any atom is -0.497 e. The van der Waals surface area contributed by atoms with E-state index in [0.29, 0.717) is 24.6 Å². The molecule has 8 nitrogen and oxygen atoms in total. The molecule has 1 fully saturated rings. The Labute approximate surface area is 199 Å². The Bertz CT molecular complexity index is 1200. The maximum Gasteiger partial charge on any atom is 0.321 e. The maximum absolute atomic E-state index is 12.6. The maximum atomic E-state index is 12.6. The number of carbonyl (C=O) groups is 1. The number of imidazole rings is 1. The van der Waals surface area contributed by atoms with Crippen molar-refractivity contribution in [2.75, 3.05) is 38.6 Å². The molecule has 2 heterocycles. The van der Waals surface area contributed by atoms with Crippen molar-refractivity contribution in [3.8, 4) is 5.75 Å². The quantitative estimate of drug-likeness (QED) is 0.509. The molecule has 2 N–H and O–H groups in total. The number of ether oxygens (including phenoxy) is 1. The van der Waals surface area contributed by atoms with Crippen molar-refractivity contribution in [3.05, 3.63) is 72.6 Å². The largest absolute Gasteiger partial charge is 0.497 e.